The molecule has 0 atom stereocenters. The van der Waals surface area contributed by atoms with Crippen LogP contribution in [0.25, 0.3) is 0 Å². The van der Waals surface area contributed by atoms with Crippen molar-refractivity contribution in [3.63, 3.8) is 0 Å². The van der Waals surface area contributed by atoms with Crippen LogP contribution in [0.3, 0.4) is 0 Å². The predicted molar refractivity (Wildman–Crippen MR) is 69.4 cm³/mol. The van der Waals surface area contributed by atoms with Gasteiger partial charge < -0.3 is 9.64 Å². The van der Waals surface area contributed by atoms with Crippen molar-refractivity contribution >= 4 is 0 Å². The predicted octanol–water partition coefficient (Wildman–Crippen LogP) is 1.42. The first-order valence-electron chi connectivity index (χ1n) is 6.26. The third-order valence-electron chi connectivity index (χ3n) is 3.19. The Balaban J connectivity index is 1.69. The van der Waals surface area contributed by atoms with Crippen LogP contribution >= 0.6 is 0 Å². The van der Waals surface area contributed by atoms with E-state index in [4.69, 9.17) is 4.74 Å². The zero-order valence-electron chi connectivity index (χ0n) is 10.8. The summed E-state index contributed by atoms with van der Waals surface area (Å²) >= 11 is 0. The molecule has 1 aliphatic rings. The quantitative estimate of drug-likeness (QED) is 0.782. The molecule has 2 rings (SSSR count). The van der Waals surface area contributed by atoms with Crippen molar-refractivity contribution < 1.29 is 4.74 Å². The van der Waals surface area contributed by atoms with Crippen molar-refractivity contribution in [2.45, 2.75) is 6.92 Å². The smallest absolute Gasteiger partial charge is 0.119 e. The Morgan fingerprint density at radius 3 is 2.76 bits per heavy atom. The van der Waals surface area contributed by atoms with Gasteiger partial charge in [-0.2, -0.15) is 0 Å². The molecule has 1 aliphatic heterocycles. The highest BCUT2D eigenvalue weighted by molar-refractivity contribution is 5.26. The van der Waals surface area contributed by atoms with Crippen LogP contribution in [0.5, 0.6) is 5.75 Å². The fourth-order valence-electron chi connectivity index (χ4n) is 2.01. The zero-order valence-corrected chi connectivity index (χ0v) is 10.8. The summed E-state index contributed by atoms with van der Waals surface area (Å²) in [6.07, 6.45) is 0. The lowest BCUT2D eigenvalue weighted by Crippen LogP contribution is -2.45. The normalized spacial score (nSPS) is 18.2. The lowest BCUT2D eigenvalue weighted by Gasteiger charge is -2.32. The van der Waals surface area contributed by atoms with Gasteiger partial charge in [-0.15, -0.1) is 0 Å². The van der Waals surface area contributed by atoms with E-state index in [2.05, 4.69) is 22.9 Å². The molecule has 1 saturated heterocycles. The first-order chi connectivity index (χ1) is 8.24. The lowest BCUT2D eigenvalue weighted by molar-refractivity contribution is 0.133. The summed E-state index contributed by atoms with van der Waals surface area (Å²) in [7, 11) is 2.18. The molecular formula is C14H21N2O. The van der Waals surface area contributed by atoms with Gasteiger partial charge in [0.25, 0.3) is 0 Å². The summed E-state index contributed by atoms with van der Waals surface area (Å²) in [6.45, 7) is 8.47. The number of benzene rings is 1. The monoisotopic (exact) mass is 233 g/mol. The van der Waals surface area contributed by atoms with Crippen LogP contribution in [0.15, 0.2) is 18.2 Å². The van der Waals surface area contributed by atoms with Gasteiger partial charge in [0, 0.05) is 32.7 Å². The molecule has 0 N–H and O–H groups in total. The molecule has 0 bridgehead atoms. The maximum atomic E-state index is 5.74. The molecule has 0 spiro atoms. The molecule has 1 heterocycles. The summed E-state index contributed by atoms with van der Waals surface area (Å²) in [6, 6.07) is 9.04. The van der Waals surface area contributed by atoms with Crippen molar-refractivity contribution in [2.75, 3.05) is 46.4 Å². The molecule has 1 fully saturated rings. The molecule has 0 aliphatic carbocycles. The van der Waals surface area contributed by atoms with E-state index in [0.717, 1.165) is 37.6 Å². The van der Waals surface area contributed by atoms with Crippen molar-refractivity contribution in [2.24, 2.45) is 0 Å². The first kappa shape index (κ1) is 12.4. The summed E-state index contributed by atoms with van der Waals surface area (Å²) < 4.78 is 5.74. The third-order valence-corrected chi connectivity index (χ3v) is 3.19. The topological polar surface area (TPSA) is 15.7 Å². The number of ether oxygens (including phenoxy) is 1. The second kappa shape index (κ2) is 6.03. The van der Waals surface area contributed by atoms with Crippen LogP contribution in [0.1, 0.15) is 5.56 Å². The van der Waals surface area contributed by atoms with Gasteiger partial charge in [-0.3, -0.25) is 4.90 Å². The van der Waals surface area contributed by atoms with Crippen LogP contribution in [0, 0.1) is 13.0 Å². The highest BCUT2D eigenvalue weighted by atomic mass is 16.5. The Hall–Kier alpha value is -1.06. The highest BCUT2D eigenvalue weighted by Crippen LogP contribution is 2.11. The van der Waals surface area contributed by atoms with Gasteiger partial charge >= 0.3 is 0 Å². The molecule has 1 radical (unpaired) electrons. The maximum absolute atomic E-state index is 5.74. The summed E-state index contributed by atoms with van der Waals surface area (Å²) in [5.74, 6) is 0.954. The molecule has 1 aromatic carbocycles. The molecule has 93 valence electrons. The fourth-order valence-corrected chi connectivity index (χ4v) is 2.01. The number of hydrogen-bond acceptors (Lipinski definition) is 3. The first-order valence-corrected chi connectivity index (χ1v) is 6.26. The number of piperazine rings is 1. The van der Waals surface area contributed by atoms with Crippen LogP contribution in [-0.4, -0.2) is 56.2 Å². The van der Waals surface area contributed by atoms with E-state index in [1.807, 2.05) is 25.1 Å². The van der Waals surface area contributed by atoms with Crippen LogP contribution < -0.4 is 4.74 Å². The van der Waals surface area contributed by atoms with Crippen LogP contribution in [0.2, 0.25) is 0 Å². The highest BCUT2D eigenvalue weighted by Gasteiger charge is 2.12. The number of aryl methyl sites for hydroxylation is 1. The maximum Gasteiger partial charge on any atom is 0.119 e. The average molecular weight is 233 g/mol. The number of likely N-dealkylation sites (N-methyl/N-ethyl adjacent to an activating group) is 1. The van der Waals surface area contributed by atoms with Crippen molar-refractivity contribution in [3.8, 4) is 5.75 Å². The van der Waals surface area contributed by atoms with E-state index in [1.54, 1.807) is 0 Å². The number of rotatable bonds is 4. The number of nitrogens with zero attached hydrogens (tertiary/aromatic N) is 2. The lowest BCUT2D eigenvalue weighted by atomic mass is 10.2. The SMILES string of the molecule is Cc1[c]ccc(OCCN2CCN(C)CC2)c1. The van der Waals surface area contributed by atoms with E-state index in [1.165, 1.54) is 13.1 Å². The van der Waals surface area contributed by atoms with Gasteiger partial charge in [0.05, 0.1) is 0 Å². The summed E-state index contributed by atoms with van der Waals surface area (Å²) in [5.41, 5.74) is 1.13. The Kier molecular flexibility index (Phi) is 4.40. The summed E-state index contributed by atoms with van der Waals surface area (Å²) in [4.78, 5) is 4.83. The van der Waals surface area contributed by atoms with Gasteiger partial charge in [0.1, 0.15) is 12.4 Å². The third kappa shape index (κ3) is 4.02. The minimum absolute atomic E-state index is 0.771. The second-order valence-corrected chi connectivity index (χ2v) is 4.70. The Labute approximate surface area is 104 Å². The molecule has 0 unspecified atom stereocenters. The van der Waals surface area contributed by atoms with Crippen molar-refractivity contribution in [3.05, 3.63) is 29.8 Å². The zero-order chi connectivity index (χ0) is 12.1. The fraction of sp³-hybridized carbons (Fsp3) is 0.571. The minimum Gasteiger partial charge on any atom is -0.492 e. The van der Waals surface area contributed by atoms with Crippen molar-refractivity contribution in [1.82, 2.24) is 9.80 Å². The molecular weight excluding hydrogens is 212 g/mol. The summed E-state index contributed by atoms with van der Waals surface area (Å²) in [5, 5.41) is 0. The molecule has 0 saturated carbocycles. The van der Waals surface area contributed by atoms with Gasteiger partial charge in [-0.25, -0.2) is 0 Å². The molecule has 3 heteroatoms. The van der Waals surface area contributed by atoms with E-state index in [9.17, 15) is 0 Å². The Morgan fingerprint density at radius 2 is 2.06 bits per heavy atom. The molecule has 0 aromatic heterocycles. The Bertz CT molecular complexity index is 346. The molecule has 3 nitrogen and oxygen atoms in total. The molecule has 1 aromatic rings. The largest absolute Gasteiger partial charge is 0.492 e. The molecule has 17 heavy (non-hydrogen) atoms. The van der Waals surface area contributed by atoms with Crippen LogP contribution in [-0.2, 0) is 0 Å². The Morgan fingerprint density at radius 1 is 1.29 bits per heavy atom. The van der Waals surface area contributed by atoms with Gasteiger partial charge in [0.2, 0.25) is 0 Å². The standard InChI is InChI=1S/C14H21N2O/c1-13-4-3-5-14(12-13)17-11-10-16-8-6-15(2)7-9-16/h3,5,12H,6-11H2,1-2H3. The van der Waals surface area contributed by atoms with Gasteiger partial charge in [-0.05, 0) is 37.7 Å². The van der Waals surface area contributed by atoms with E-state index in [-0.39, 0.29) is 0 Å². The molecule has 0 amide bonds. The second-order valence-electron chi connectivity index (χ2n) is 4.70. The van der Waals surface area contributed by atoms with Crippen LogP contribution in [0.4, 0.5) is 0 Å². The average Bonchev–Trinajstić information content (AvgIpc) is 2.32. The minimum atomic E-state index is 0.771. The van der Waals surface area contributed by atoms with E-state index >= 15 is 0 Å². The van der Waals surface area contributed by atoms with Crippen molar-refractivity contribution in [1.29, 1.82) is 0 Å². The van der Waals surface area contributed by atoms with Gasteiger partial charge in [-0.1, -0.05) is 6.07 Å². The number of hydrogen-bond donors (Lipinski definition) is 0. The van der Waals surface area contributed by atoms with E-state index < -0.39 is 0 Å². The van der Waals surface area contributed by atoms with E-state index in [0.29, 0.717) is 0 Å². The van der Waals surface area contributed by atoms with Gasteiger partial charge in [0.15, 0.2) is 0 Å².